The molecule has 15 heavy (non-hydrogen) atoms. The van der Waals surface area contributed by atoms with E-state index in [9.17, 15) is 9.90 Å². The molecule has 0 bridgehead atoms. The summed E-state index contributed by atoms with van der Waals surface area (Å²) < 4.78 is 0. The van der Waals surface area contributed by atoms with Crippen LogP contribution >= 0.6 is 0 Å². The number of hydrogen-bond donors (Lipinski definition) is 3. The van der Waals surface area contributed by atoms with Gasteiger partial charge in [-0.1, -0.05) is 13.3 Å². The summed E-state index contributed by atoms with van der Waals surface area (Å²) in [7, 11) is 0. The summed E-state index contributed by atoms with van der Waals surface area (Å²) in [5.41, 5.74) is 5.71. The van der Waals surface area contributed by atoms with Crippen LogP contribution in [0.1, 0.15) is 45.4 Å². The van der Waals surface area contributed by atoms with E-state index in [-0.39, 0.29) is 24.1 Å². The van der Waals surface area contributed by atoms with Crippen molar-refractivity contribution >= 4 is 5.91 Å². The predicted octanol–water partition coefficient (Wildman–Crippen LogP) is 0.533. The van der Waals surface area contributed by atoms with E-state index in [4.69, 9.17) is 5.73 Å². The minimum atomic E-state index is -0.373. The molecule has 1 aliphatic rings. The maximum atomic E-state index is 11.6. The molecule has 4 nitrogen and oxygen atoms in total. The SMILES string of the molecule is CCC[C@H](N)C(=O)NC1CCC(O)CC1. The lowest BCUT2D eigenvalue weighted by molar-refractivity contribution is -0.123. The third-order valence-corrected chi connectivity index (χ3v) is 2.98. The molecule has 0 aliphatic heterocycles. The predicted molar refractivity (Wildman–Crippen MR) is 59.3 cm³/mol. The van der Waals surface area contributed by atoms with E-state index in [0.717, 1.165) is 38.5 Å². The summed E-state index contributed by atoms with van der Waals surface area (Å²) in [5.74, 6) is -0.0433. The van der Waals surface area contributed by atoms with Gasteiger partial charge in [0, 0.05) is 6.04 Å². The molecule has 1 rings (SSSR count). The monoisotopic (exact) mass is 214 g/mol. The van der Waals surface area contributed by atoms with Crippen molar-refractivity contribution in [2.75, 3.05) is 0 Å². The highest BCUT2D eigenvalue weighted by molar-refractivity contribution is 5.81. The van der Waals surface area contributed by atoms with Crippen molar-refractivity contribution < 1.29 is 9.90 Å². The Hall–Kier alpha value is -0.610. The van der Waals surface area contributed by atoms with Gasteiger partial charge >= 0.3 is 0 Å². The second-order valence-corrected chi connectivity index (χ2v) is 4.41. The highest BCUT2D eigenvalue weighted by Gasteiger charge is 2.22. The Labute approximate surface area is 91.2 Å². The number of rotatable bonds is 4. The number of amides is 1. The highest BCUT2D eigenvalue weighted by atomic mass is 16.3. The van der Waals surface area contributed by atoms with Gasteiger partial charge in [0.15, 0.2) is 0 Å². The lowest BCUT2D eigenvalue weighted by Crippen LogP contribution is -2.46. The topological polar surface area (TPSA) is 75.4 Å². The zero-order chi connectivity index (χ0) is 11.3. The fourth-order valence-corrected chi connectivity index (χ4v) is 1.97. The van der Waals surface area contributed by atoms with Crippen molar-refractivity contribution in [3.8, 4) is 0 Å². The lowest BCUT2D eigenvalue weighted by Gasteiger charge is -2.27. The van der Waals surface area contributed by atoms with E-state index < -0.39 is 0 Å². The van der Waals surface area contributed by atoms with Gasteiger partial charge in [-0.15, -0.1) is 0 Å². The standard InChI is InChI=1S/C11H22N2O2/c1-2-3-10(12)11(15)13-8-4-6-9(14)7-5-8/h8-10,14H,2-7,12H2,1H3,(H,13,15)/t8?,9?,10-/m0/s1. The molecule has 1 atom stereocenters. The Kier molecular flexibility index (Phi) is 5.05. The molecule has 0 heterocycles. The van der Waals surface area contributed by atoms with Gasteiger partial charge in [0.1, 0.15) is 0 Å². The molecule has 0 radical (unpaired) electrons. The van der Waals surface area contributed by atoms with Gasteiger partial charge < -0.3 is 16.2 Å². The summed E-state index contributed by atoms with van der Waals surface area (Å²) in [6.07, 6.45) is 4.79. The zero-order valence-corrected chi connectivity index (χ0v) is 9.41. The largest absolute Gasteiger partial charge is 0.393 e. The van der Waals surface area contributed by atoms with Crippen LogP contribution in [0.4, 0.5) is 0 Å². The number of nitrogens with one attached hydrogen (secondary N) is 1. The Balaban J connectivity index is 2.25. The molecule has 1 amide bonds. The summed E-state index contributed by atoms with van der Waals surface area (Å²) in [4.78, 5) is 11.6. The second kappa shape index (κ2) is 6.08. The molecule has 0 unspecified atom stereocenters. The number of nitrogens with two attached hydrogens (primary N) is 1. The molecule has 0 aromatic rings. The molecular formula is C11H22N2O2. The zero-order valence-electron chi connectivity index (χ0n) is 9.41. The number of hydrogen-bond acceptors (Lipinski definition) is 3. The average molecular weight is 214 g/mol. The van der Waals surface area contributed by atoms with E-state index in [2.05, 4.69) is 5.32 Å². The fourth-order valence-electron chi connectivity index (χ4n) is 1.97. The first-order chi connectivity index (χ1) is 7.13. The fraction of sp³-hybridized carbons (Fsp3) is 0.909. The molecule has 0 saturated heterocycles. The van der Waals surface area contributed by atoms with Gasteiger partial charge in [-0.2, -0.15) is 0 Å². The Morgan fingerprint density at radius 1 is 1.47 bits per heavy atom. The van der Waals surface area contributed by atoms with Crippen LogP contribution < -0.4 is 11.1 Å². The maximum absolute atomic E-state index is 11.6. The smallest absolute Gasteiger partial charge is 0.237 e. The maximum Gasteiger partial charge on any atom is 0.237 e. The molecule has 88 valence electrons. The average Bonchev–Trinajstić information content (AvgIpc) is 2.22. The summed E-state index contributed by atoms with van der Waals surface area (Å²) >= 11 is 0. The molecule has 4 heteroatoms. The van der Waals surface area contributed by atoms with Crippen LogP contribution in [0.25, 0.3) is 0 Å². The van der Waals surface area contributed by atoms with Gasteiger partial charge in [0.25, 0.3) is 0 Å². The number of aliphatic hydroxyl groups is 1. The van der Waals surface area contributed by atoms with Crippen molar-refractivity contribution in [1.82, 2.24) is 5.32 Å². The van der Waals surface area contributed by atoms with E-state index >= 15 is 0 Å². The molecule has 0 spiro atoms. The normalized spacial score (nSPS) is 28.5. The lowest BCUT2D eigenvalue weighted by atomic mass is 9.93. The first kappa shape index (κ1) is 12.5. The molecule has 1 fully saturated rings. The molecule has 0 aromatic heterocycles. The Bertz CT molecular complexity index is 201. The van der Waals surface area contributed by atoms with Crippen LogP contribution in [0.15, 0.2) is 0 Å². The quantitative estimate of drug-likeness (QED) is 0.639. The van der Waals surface area contributed by atoms with Crippen molar-refractivity contribution in [2.24, 2.45) is 5.73 Å². The van der Waals surface area contributed by atoms with E-state index in [1.165, 1.54) is 0 Å². The van der Waals surface area contributed by atoms with E-state index in [0.29, 0.717) is 0 Å². The van der Waals surface area contributed by atoms with Gasteiger partial charge in [0.05, 0.1) is 12.1 Å². The van der Waals surface area contributed by atoms with Crippen LogP contribution in [0.2, 0.25) is 0 Å². The van der Waals surface area contributed by atoms with Gasteiger partial charge in [-0.05, 0) is 32.1 Å². The molecular weight excluding hydrogens is 192 g/mol. The van der Waals surface area contributed by atoms with Crippen molar-refractivity contribution in [2.45, 2.75) is 63.6 Å². The van der Waals surface area contributed by atoms with Gasteiger partial charge in [-0.25, -0.2) is 0 Å². The molecule has 1 saturated carbocycles. The Morgan fingerprint density at radius 2 is 2.07 bits per heavy atom. The molecule has 1 aliphatic carbocycles. The number of carbonyl (C=O) groups is 1. The van der Waals surface area contributed by atoms with Crippen molar-refractivity contribution in [3.63, 3.8) is 0 Å². The van der Waals surface area contributed by atoms with E-state index in [1.54, 1.807) is 0 Å². The summed E-state index contributed by atoms with van der Waals surface area (Å²) in [5, 5.41) is 12.3. The first-order valence-corrected chi connectivity index (χ1v) is 5.87. The number of carbonyl (C=O) groups excluding carboxylic acids is 1. The van der Waals surface area contributed by atoms with E-state index in [1.807, 2.05) is 6.92 Å². The third-order valence-electron chi connectivity index (χ3n) is 2.98. The first-order valence-electron chi connectivity index (χ1n) is 5.87. The molecule has 0 aromatic carbocycles. The minimum absolute atomic E-state index is 0.0433. The van der Waals surface area contributed by atoms with Crippen LogP contribution in [-0.2, 0) is 4.79 Å². The molecule has 4 N–H and O–H groups in total. The summed E-state index contributed by atoms with van der Waals surface area (Å²) in [6, 6.07) is -0.161. The van der Waals surface area contributed by atoms with Gasteiger partial charge in [-0.3, -0.25) is 4.79 Å². The number of aliphatic hydroxyl groups excluding tert-OH is 1. The second-order valence-electron chi connectivity index (χ2n) is 4.41. The minimum Gasteiger partial charge on any atom is -0.393 e. The van der Waals surface area contributed by atoms with Crippen molar-refractivity contribution in [1.29, 1.82) is 0 Å². The highest BCUT2D eigenvalue weighted by Crippen LogP contribution is 2.18. The van der Waals surface area contributed by atoms with Crippen LogP contribution in [-0.4, -0.2) is 29.2 Å². The van der Waals surface area contributed by atoms with Crippen LogP contribution in [0, 0.1) is 0 Å². The Morgan fingerprint density at radius 3 is 2.60 bits per heavy atom. The van der Waals surface area contributed by atoms with Crippen LogP contribution in [0.5, 0.6) is 0 Å². The third kappa shape index (κ3) is 4.18. The van der Waals surface area contributed by atoms with Crippen molar-refractivity contribution in [3.05, 3.63) is 0 Å². The van der Waals surface area contributed by atoms with Gasteiger partial charge in [0.2, 0.25) is 5.91 Å². The summed E-state index contributed by atoms with van der Waals surface area (Å²) in [6.45, 7) is 2.02. The van der Waals surface area contributed by atoms with Crippen LogP contribution in [0.3, 0.4) is 0 Å².